The summed E-state index contributed by atoms with van der Waals surface area (Å²) in [6, 6.07) is -0.887. The highest BCUT2D eigenvalue weighted by atomic mass is 16.8. The maximum Gasteiger partial charge on any atom is 0.220 e. The molecule has 0 spiro atoms. The van der Waals surface area contributed by atoms with Crippen LogP contribution in [0.4, 0.5) is 0 Å². The van der Waals surface area contributed by atoms with E-state index < -0.39 is 124 Å². The Hall–Kier alpha value is -1.47. The van der Waals surface area contributed by atoms with Gasteiger partial charge in [-0.05, 0) is 38.5 Å². The molecule has 3 saturated heterocycles. The van der Waals surface area contributed by atoms with E-state index in [0.717, 1.165) is 44.9 Å². The number of hydrogen-bond donors (Lipinski definition) is 12. The van der Waals surface area contributed by atoms with E-state index in [1.165, 1.54) is 276 Å². The molecule has 1 amide bonds. The third-order valence-electron chi connectivity index (χ3n) is 20.8. The molecule has 3 aliphatic rings. The average Bonchev–Trinajstić information content (AvgIpc) is 0.785. The molecule has 580 valence electrons. The van der Waals surface area contributed by atoms with Crippen LogP contribution in [0.15, 0.2) is 12.2 Å². The van der Waals surface area contributed by atoms with E-state index in [0.29, 0.717) is 12.8 Å². The number of ether oxygens (including phenoxy) is 6. The quantitative estimate of drug-likeness (QED) is 0.0199. The molecule has 0 saturated carbocycles. The van der Waals surface area contributed by atoms with E-state index >= 15 is 0 Å². The van der Waals surface area contributed by atoms with Gasteiger partial charge in [0.1, 0.15) is 73.2 Å². The van der Waals surface area contributed by atoms with Crippen molar-refractivity contribution in [2.45, 2.75) is 458 Å². The monoisotopic (exact) mass is 1400 g/mol. The molecular weight excluding hydrogens is 1250 g/mol. The van der Waals surface area contributed by atoms with E-state index in [2.05, 4.69) is 31.3 Å². The van der Waals surface area contributed by atoms with Crippen molar-refractivity contribution in [1.82, 2.24) is 5.32 Å². The summed E-state index contributed by atoms with van der Waals surface area (Å²) in [5, 5.41) is 121. The first-order valence-electron chi connectivity index (χ1n) is 40.9. The summed E-state index contributed by atoms with van der Waals surface area (Å²) in [6.07, 6.45) is 44.5. The van der Waals surface area contributed by atoms with Crippen LogP contribution in [0.1, 0.15) is 354 Å². The largest absolute Gasteiger partial charge is 0.394 e. The van der Waals surface area contributed by atoms with E-state index in [4.69, 9.17) is 28.4 Å². The number of carbonyl (C=O) groups is 1. The fourth-order valence-corrected chi connectivity index (χ4v) is 14.3. The summed E-state index contributed by atoms with van der Waals surface area (Å²) in [6.45, 7) is 1.86. The van der Waals surface area contributed by atoms with Crippen molar-refractivity contribution in [2.75, 3.05) is 26.4 Å². The Bertz CT molecular complexity index is 1820. The average molecular weight is 1400 g/mol. The Morgan fingerprint density at radius 1 is 0.357 bits per heavy atom. The van der Waals surface area contributed by atoms with Crippen molar-refractivity contribution in [2.24, 2.45) is 0 Å². The van der Waals surface area contributed by atoms with Gasteiger partial charge in [0, 0.05) is 6.42 Å². The molecule has 17 atom stereocenters. The van der Waals surface area contributed by atoms with Crippen LogP contribution in [0.3, 0.4) is 0 Å². The second-order valence-corrected chi connectivity index (χ2v) is 29.6. The number of carbonyl (C=O) groups excluding carboxylic acids is 1. The molecule has 98 heavy (non-hydrogen) atoms. The Morgan fingerprint density at radius 2 is 0.643 bits per heavy atom. The molecule has 3 rings (SSSR count). The molecule has 3 aliphatic heterocycles. The number of aliphatic hydroxyl groups excluding tert-OH is 11. The molecule has 0 bridgehead atoms. The zero-order chi connectivity index (χ0) is 71.1. The summed E-state index contributed by atoms with van der Waals surface area (Å²) in [4.78, 5) is 13.5. The molecule has 19 nitrogen and oxygen atoms in total. The number of rotatable bonds is 66. The van der Waals surface area contributed by atoms with Crippen molar-refractivity contribution in [3.8, 4) is 0 Å². The smallest absolute Gasteiger partial charge is 0.220 e. The molecule has 12 N–H and O–H groups in total. The fourth-order valence-electron chi connectivity index (χ4n) is 14.3. The highest BCUT2D eigenvalue weighted by Gasteiger charge is 2.54. The highest BCUT2D eigenvalue weighted by Crippen LogP contribution is 2.33. The van der Waals surface area contributed by atoms with E-state index in [-0.39, 0.29) is 18.9 Å². The third kappa shape index (κ3) is 40.7. The zero-order valence-corrected chi connectivity index (χ0v) is 62.1. The summed E-state index contributed by atoms with van der Waals surface area (Å²) >= 11 is 0. The van der Waals surface area contributed by atoms with Crippen molar-refractivity contribution in [3.63, 3.8) is 0 Å². The van der Waals surface area contributed by atoms with Crippen molar-refractivity contribution in [1.29, 1.82) is 0 Å². The first-order valence-corrected chi connectivity index (χ1v) is 40.9. The van der Waals surface area contributed by atoms with Crippen molar-refractivity contribution >= 4 is 5.91 Å². The molecular formula is C79H151NO18. The van der Waals surface area contributed by atoms with Crippen molar-refractivity contribution in [3.05, 3.63) is 12.2 Å². The van der Waals surface area contributed by atoms with Crippen LogP contribution in [0.2, 0.25) is 0 Å². The van der Waals surface area contributed by atoms with Crippen molar-refractivity contribution < 1.29 is 89.4 Å². The summed E-state index contributed by atoms with van der Waals surface area (Å²) in [5.74, 6) is -0.237. The van der Waals surface area contributed by atoms with Gasteiger partial charge in [-0.1, -0.05) is 321 Å². The van der Waals surface area contributed by atoms with Gasteiger partial charge in [-0.15, -0.1) is 0 Å². The van der Waals surface area contributed by atoms with Gasteiger partial charge in [0.2, 0.25) is 5.91 Å². The molecule has 0 aliphatic carbocycles. The van der Waals surface area contributed by atoms with Crippen LogP contribution >= 0.6 is 0 Å². The summed E-state index contributed by atoms with van der Waals surface area (Å²) in [5.41, 5.74) is 0. The molecule has 0 radical (unpaired) electrons. The van der Waals surface area contributed by atoms with E-state index in [1.54, 1.807) is 0 Å². The number of unbranched alkanes of at least 4 members (excludes halogenated alkanes) is 48. The van der Waals surface area contributed by atoms with Gasteiger partial charge in [0.05, 0.1) is 38.6 Å². The predicted octanol–water partition coefficient (Wildman–Crippen LogP) is 13.6. The second kappa shape index (κ2) is 60.8. The van der Waals surface area contributed by atoms with Crippen LogP contribution in [0.5, 0.6) is 0 Å². The first kappa shape index (κ1) is 90.7. The van der Waals surface area contributed by atoms with Gasteiger partial charge in [-0.25, -0.2) is 0 Å². The van der Waals surface area contributed by atoms with Gasteiger partial charge in [-0.2, -0.15) is 0 Å². The second-order valence-electron chi connectivity index (χ2n) is 29.6. The van der Waals surface area contributed by atoms with Crippen LogP contribution in [-0.4, -0.2) is 193 Å². The lowest BCUT2D eigenvalue weighted by Crippen LogP contribution is -2.66. The van der Waals surface area contributed by atoms with Gasteiger partial charge in [0.15, 0.2) is 18.9 Å². The number of allylic oxidation sites excluding steroid dienone is 2. The lowest BCUT2D eigenvalue weighted by atomic mass is 9.96. The van der Waals surface area contributed by atoms with Crippen LogP contribution < -0.4 is 5.32 Å². The minimum absolute atomic E-state index is 0.237. The summed E-state index contributed by atoms with van der Waals surface area (Å²) < 4.78 is 34.5. The lowest BCUT2D eigenvalue weighted by molar-refractivity contribution is -0.379. The van der Waals surface area contributed by atoms with Crippen LogP contribution in [-0.2, 0) is 33.2 Å². The predicted molar refractivity (Wildman–Crippen MR) is 388 cm³/mol. The number of nitrogens with one attached hydrogen (secondary N) is 1. The van der Waals surface area contributed by atoms with E-state index in [1.807, 2.05) is 0 Å². The minimum Gasteiger partial charge on any atom is -0.394 e. The highest BCUT2D eigenvalue weighted by molar-refractivity contribution is 5.76. The fraction of sp³-hybridized carbons (Fsp3) is 0.962. The normalized spacial score (nSPS) is 26.7. The molecule has 0 aromatic heterocycles. The maximum absolute atomic E-state index is 13.5. The van der Waals surface area contributed by atoms with Gasteiger partial charge < -0.3 is 89.9 Å². The number of aliphatic hydroxyl groups is 11. The Labute approximate surface area is 595 Å². The van der Waals surface area contributed by atoms with Gasteiger partial charge in [0.25, 0.3) is 0 Å². The third-order valence-corrected chi connectivity index (χ3v) is 20.8. The molecule has 0 aromatic rings. The SMILES string of the molecule is CCCCCCCCCC/C=C\CCCCCCCCCCCCCC(=O)NC(COC1OC(CO)C(OC2OC(CO)C(OC3OC(CO)C(O)C(O)C3O)C(O)C2O)C(O)C1O)C(O)CCCCCCCCCCCCCCCCCCCCCCCCCCCCCCCC. The first-order chi connectivity index (χ1) is 47.8. The van der Waals surface area contributed by atoms with Crippen LogP contribution in [0.25, 0.3) is 0 Å². The van der Waals surface area contributed by atoms with Gasteiger partial charge >= 0.3 is 0 Å². The topological polar surface area (TPSA) is 307 Å². The molecule has 19 heteroatoms. The maximum atomic E-state index is 13.5. The Balaban J connectivity index is 1.36. The Kier molecular flexibility index (Phi) is 56.3. The zero-order valence-electron chi connectivity index (χ0n) is 62.1. The lowest BCUT2D eigenvalue weighted by Gasteiger charge is -2.48. The molecule has 3 heterocycles. The number of amides is 1. The number of hydrogen-bond acceptors (Lipinski definition) is 18. The van der Waals surface area contributed by atoms with Crippen LogP contribution in [0, 0.1) is 0 Å². The van der Waals surface area contributed by atoms with E-state index in [9.17, 15) is 61.0 Å². The Morgan fingerprint density at radius 3 is 0.990 bits per heavy atom. The standard InChI is InChI=1S/C79H151NO18/c1-3-5-7-9-11-13-15-17-19-21-23-25-27-28-29-30-31-32-33-35-36-38-40-42-44-46-48-50-52-54-56-63(84)62(80-67(85)57-55-53-51-49-47-45-43-41-39-37-34-26-24-22-20-18-16-14-12-10-8-6-4-2)61-93-77-73(91)70(88)75(65(59-82)95-77)98-79-74(92)71(89)76(66(60-83)96-79)97-78-72(90)69(87)68(86)64(58-81)94-78/h22,24,62-66,68-79,81-84,86-92H,3-21,23,25-61H2,1-2H3,(H,80,85)/b24-22-. The van der Waals surface area contributed by atoms with Gasteiger partial charge in [-0.3, -0.25) is 4.79 Å². The summed E-state index contributed by atoms with van der Waals surface area (Å²) in [7, 11) is 0. The molecule has 3 fully saturated rings. The molecule has 17 unspecified atom stereocenters. The minimum atomic E-state index is -1.97. The molecule has 0 aromatic carbocycles.